The molecule has 1 aromatic rings. The molecule has 2 saturated heterocycles. The molecule has 2 aliphatic heterocycles. The summed E-state index contributed by atoms with van der Waals surface area (Å²) in [6.45, 7) is 2.79. The van der Waals surface area contributed by atoms with Crippen molar-refractivity contribution >= 4 is 10.0 Å². The molecular weight excluding hydrogens is 286 g/mol. The predicted octanol–water partition coefficient (Wildman–Crippen LogP) is 0.921. The van der Waals surface area contributed by atoms with E-state index in [1.165, 1.54) is 6.42 Å². The van der Waals surface area contributed by atoms with Crippen molar-refractivity contribution in [2.24, 2.45) is 0 Å². The topological polar surface area (TPSA) is 61.4 Å². The van der Waals surface area contributed by atoms with Crippen LogP contribution in [-0.4, -0.2) is 45.5 Å². The molecule has 0 radical (unpaired) electrons. The molecule has 2 unspecified atom stereocenters. The Morgan fingerprint density at radius 1 is 1.29 bits per heavy atom. The quantitative estimate of drug-likeness (QED) is 0.849. The van der Waals surface area contributed by atoms with Gasteiger partial charge in [0.2, 0.25) is 10.0 Å². The lowest BCUT2D eigenvalue weighted by Gasteiger charge is -2.21. The van der Waals surface area contributed by atoms with Crippen molar-refractivity contribution in [3.63, 3.8) is 0 Å². The van der Waals surface area contributed by atoms with Crippen molar-refractivity contribution in [3.8, 4) is 0 Å². The molecule has 5 nitrogen and oxygen atoms in total. The van der Waals surface area contributed by atoms with Crippen molar-refractivity contribution in [3.05, 3.63) is 29.8 Å². The summed E-state index contributed by atoms with van der Waals surface area (Å²) in [7, 11) is -1.57. The van der Waals surface area contributed by atoms with Crippen LogP contribution in [0.1, 0.15) is 24.8 Å². The van der Waals surface area contributed by atoms with E-state index in [1.54, 1.807) is 18.2 Å². The van der Waals surface area contributed by atoms with Crippen LogP contribution in [0.25, 0.3) is 0 Å². The number of sulfonamides is 1. The Kier molecular flexibility index (Phi) is 4.31. The van der Waals surface area contributed by atoms with Gasteiger partial charge in [-0.2, -0.15) is 0 Å². The number of nitrogens with one attached hydrogen (secondary N) is 2. The molecule has 1 aromatic carbocycles. The lowest BCUT2D eigenvalue weighted by atomic mass is 10.1. The molecule has 2 N–H and O–H groups in total. The lowest BCUT2D eigenvalue weighted by molar-refractivity contribution is 0.309. The van der Waals surface area contributed by atoms with E-state index in [0.29, 0.717) is 17.5 Å². The minimum absolute atomic E-state index is 0.0606. The van der Waals surface area contributed by atoms with Gasteiger partial charge in [-0.25, -0.2) is 13.1 Å². The highest BCUT2D eigenvalue weighted by Crippen LogP contribution is 2.29. The number of hydrogen-bond acceptors (Lipinski definition) is 4. The van der Waals surface area contributed by atoms with E-state index in [2.05, 4.69) is 14.9 Å². The fourth-order valence-corrected chi connectivity index (χ4v) is 4.89. The zero-order valence-electron chi connectivity index (χ0n) is 12.4. The minimum Gasteiger partial charge on any atom is -0.316 e. The molecule has 3 rings (SSSR count). The predicted molar refractivity (Wildman–Crippen MR) is 82.5 cm³/mol. The van der Waals surface area contributed by atoms with Crippen LogP contribution in [0.5, 0.6) is 0 Å². The van der Waals surface area contributed by atoms with Gasteiger partial charge < -0.3 is 5.32 Å². The monoisotopic (exact) mass is 309 g/mol. The van der Waals surface area contributed by atoms with Crippen LogP contribution >= 0.6 is 0 Å². The molecule has 0 bridgehead atoms. The second-order valence-electron chi connectivity index (χ2n) is 5.94. The molecule has 0 aromatic heterocycles. The summed E-state index contributed by atoms with van der Waals surface area (Å²) in [5, 5.41) is 3.04. The number of benzene rings is 1. The summed E-state index contributed by atoms with van der Waals surface area (Å²) in [6, 6.07) is 7.61. The summed E-state index contributed by atoms with van der Waals surface area (Å²) in [5.41, 5.74) is 0.981. The Labute approximate surface area is 126 Å². The van der Waals surface area contributed by atoms with Gasteiger partial charge in [-0.15, -0.1) is 0 Å². The molecule has 2 fully saturated rings. The summed E-state index contributed by atoms with van der Waals surface area (Å²) in [4.78, 5) is 2.77. The van der Waals surface area contributed by atoms with Crippen LogP contribution in [0, 0.1) is 0 Å². The average Bonchev–Trinajstić information content (AvgIpc) is 3.05. The Hall–Kier alpha value is -0.950. The molecule has 2 aliphatic rings. The number of nitrogens with zero attached hydrogens (tertiary/aromatic N) is 1. The van der Waals surface area contributed by atoms with E-state index < -0.39 is 10.0 Å². The van der Waals surface area contributed by atoms with Crippen LogP contribution in [0.4, 0.5) is 0 Å². The van der Waals surface area contributed by atoms with Crippen molar-refractivity contribution < 1.29 is 8.42 Å². The molecule has 0 amide bonds. The van der Waals surface area contributed by atoms with Crippen molar-refractivity contribution in [2.45, 2.75) is 42.8 Å². The molecule has 116 valence electrons. The van der Waals surface area contributed by atoms with E-state index in [4.69, 9.17) is 0 Å². The molecule has 21 heavy (non-hydrogen) atoms. The third-order valence-electron chi connectivity index (χ3n) is 4.50. The molecule has 6 heteroatoms. The molecule has 2 heterocycles. The Balaban J connectivity index is 1.76. The summed E-state index contributed by atoms with van der Waals surface area (Å²) in [5.74, 6) is 0. The van der Waals surface area contributed by atoms with E-state index in [9.17, 15) is 8.42 Å². The van der Waals surface area contributed by atoms with Crippen molar-refractivity contribution in [1.29, 1.82) is 0 Å². The highest BCUT2D eigenvalue weighted by atomic mass is 32.2. The van der Waals surface area contributed by atoms with Gasteiger partial charge in [0.05, 0.1) is 4.90 Å². The van der Waals surface area contributed by atoms with E-state index in [-0.39, 0.29) is 6.04 Å². The highest BCUT2D eigenvalue weighted by Gasteiger charge is 2.39. The Morgan fingerprint density at radius 2 is 2.14 bits per heavy atom. The van der Waals surface area contributed by atoms with Gasteiger partial charge in [0, 0.05) is 25.2 Å². The Bertz CT molecular complexity index is 603. The van der Waals surface area contributed by atoms with Crippen LogP contribution in [-0.2, 0) is 16.6 Å². The third-order valence-corrected chi connectivity index (χ3v) is 5.99. The number of fused-ring (bicyclic) bond motifs is 1. The van der Waals surface area contributed by atoms with E-state index in [0.717, 1.165) is 31.5 Å². The first-order valence-corrected chi connectivity index (χ1v) is 9.08. The maximum Gasteiger partial charge on any atom is 0.240 e. The normalized spacial score (nSPS) is 26.1. The van der Waals surface area contributed by atoms with Crippen molar-refractivity contribution in [2.75, 3.05) is 20.1 Å². The standard InChI is InChI=1S/C15H23N3O2S/c1-16-11-12-4-2-5-13(10-12)21(19,20)17-14-7-9-18-8-3-6-15(14)18/h2,4-5,10,14-17H,3,6-9,11H2,1H3. The van der Waals surface area contributed by atoms with Gasteiger partial charge in [-0.1, -0.05) is 12.1 Å². The average molecular weight is 309 g/mol. The van der Waals surface area contributed by atoms with Gasteiger partial charge in [-0.3, -0.25) is 4.90 Å². The van der Waals surface area contributed by atoms with Gasteiger partial charge >= 0.3 is 0 Å². The molecule has 0 spiro atoms. The van der Waals surface area contributed by atoms with Gasteiger partial charge in [0.15, 0.2) is 0 Å². The van der Waals surface area contributed by atoms with Gasteiger partial charge in [0.1, 0.15) is 0 Å². The minimum atomic E-state index is -3.43. The lowest BCUT2D eigenvalue weighted by Crippen LogP contribution is -2.42. The maximum absolute atomic E-state index is 12.6. The fraction of sp³-hybridized carbons (Fsp3) is 0.600. The van der Waals surface area contributed by atoms with Gasteiger partial charge in [-0.05, 0) is 50.6 Å². The molecular formula is C15H23N3O2S. The van der Waals surface area contributed by atoms with Crippen LogP contribution < -0.4 is 10.0 Å². The zero-order valence-corrected chi connectivity index (χ0v) is 13.2. The smallest absolute Gasteiger partial charge is 0.240 e. The summed E-state index contributed by atoms with van der Waals surface area (Å²) >= 11 is 0. The summed E-state index contributed by atoms with van der Waals surface area (Å²) < 4.78 is 28.1. The van der Waals surface area contributed by atoms with Crippen LogP contribution in [0.15, 0.2) is 29.2 Å². The van der Waals surface area contributed by atoms with Crippen molar-refractivity contribution in [1.82, 2.24) is 14.9 Å². The number of rotatable bonds is 5. The van der Waals surface area contributed by atoms with E-state index in [1.807, 2.05) is 13.1 Å². The van der Waals surface area contributed by atoms with Gasteiger partial charge in [0.25, 0.3) is 0 Å². The second kappa shape index (κ2) is 6.04. The van der Waals surface area contributed by atoms with Crippen LogP contribution in [0.3, 0.4) is 0 Å². The van der Waals surface area contributed by atoms with E-state index >= 15 is 0 Å². The maximum atomic E-state index is 12.6. The summed E-state index contributed by atoms with van der Waals surface area (Å²) in [6.07, 6.45) is 3.20. The first-order valence-electron chi connectivity index (χ1n) is 7.60. The Morgan fingerprint density at radius 3 is 2.95 bits per heavy atom. The zero-order chi connectivity index (χ0) is 14.9. The first kappa shape index (κ1) is 15.0. The first-order chi connectivity index (χ1) is 10.1. The molecule has 0 saturated carbocycles. The second-order valence-corrected chi connectivity index (χ2v) is 7.65. The third kappa shape index (κ3) is 3.13. The SMILES string of the molecule is CNCc1cccc(S(=O)(=O)NC2CCN3CCCC23)c1. The fourth-order valence-electron chi connectivity index (χ4n) is 3.51. The largest absolute Gasteiger partial charge is 0.316 e. The highest BCUT2D eigenvalue weighted by molar-refractivity contribution is 7.89. The number of hydrogen-bond donors (Lipinski definition) is 2. The molecule has 2 atom stereocenters. The van der Waals surface area contributed by atoms with Crippen LogP contribution in [0.2, 0.25) is 0 Å². The molecule has 0 aliphatic carbocycles.